The first-order valence-electron chi connectivity index (χ1n) is 8.65. The zero-order chi connectivity index (χ0) is 18.3. The molecule has 0 spiro atoms. The van der Waals surface area contributed by atoms with Crippen molar-refractivity contribution < 1.29 is 4.43 Å². The van der Waals surface area contributed by atoms with Crippen LogP contribution < -0.4 is 9.41 Å². The van der Waals surface area contributed by atoms with Gasteiger partial charge in [-0.3, -0.25) is 0 Å². The van der Waals surface area contributed by atoms with Crippen molar-refractivity contribution in [3.8, 4) is 5.75 Å². The SMILES string of the molecule is Cc1ccc(N[Si](C)(C)C(C)(C)C)cc1O[Si](C)(C)C(C)(C)C. The lowest BCUT2D eigenvalue weighted by atomic mass is 10.2. The van der Waals surface area contributed by atoms with Gasteiger partial charge in [-0.25, -0.2) is 0 Å². The van der Waals surface area contributed by atoms with Gasteiger partial charge in [-0.1, -0.05) is 60.7 Å². The quantitative estimate of drug-likeness (QED) is 0.602. The molecule has 0 bridgehead atoms. The van der Waals surface area contributed by atoms with Crippen LogP contribution in [0.15, 0.2) is 18.2 Å². The highest BCUT2D eigenvalue weighted by molar-refractivity contribution is 6.83. The van der Waals surface area contributed by atoms with Crippen molar-refractivity contribution in [3.05, 3.63) is 23.8 Å². The summed E-state index contributed by atoms with van der Waals surface area (Å²) in [6.07, 6.45) is 0. The molecule has 0 saturated heterocycles. The van der Waals surface area contributed by atoms with E-state index in [2.05, 4.69) is 97.8 Å². The van der Waals surface area contributed by atoms with E-state index < -0.39 is 16.6 Å². The molecule has 0 aromatic heterocycles. The monoisotopic (exact) mass is 351 g/mol. The van der Waals surface area contributed by atoms with E-state index in [-0.39, 0.29) is 5.04 Å². The molecule has 0 heterocycles. The number of nitrogens with one attached hydrogen (secondary N) is 1. The molecule has 0 atom stereocenters. The molecule has 1 aromatic carbocycles. The van der Waals surface area contributed by atoms with Crippen LogP contribution in [0.1, 0.15) is 47.1 Å². The summed E-state index contributed by atoms with van der Waals surface area (Å²) in [5, 5.41) is 0.515. The van der Waals surface area contributed by atoms with Gasteiger partial charge in [0.2, 0.25) is 8.32 Å². The summed E-state index contributed by atoms with van der Waals surface area (Å²) >= 11 is 0. The molecule has 0 radical (unpaired) electrons. The van der Waals surface area contributed by atoms with Crippen LogP contribution in [0.3, 0.4) is 0 Å². The molecule has 0 unspecified atom stereocenters. The van der Waals surface area contributed by atoms with E-state index in [1.165, 1.54) is 11.3 Å². The largest absolute Gasteiger partial charge is 0.543 e. The predicted octanol–water partition coefficient (Wildman–Crippen LogP) is 6.80. The van der Waals surface area contributed by atoms with Crippen molar-refractivity contribution in [1.29, 1.82) is 0 Å². The zero-order valence-electron chi connectivity index (χ0n) is 17.1. The molecule has 1 N–H and O–H groups in total. The number of rotatable bonds is 4. The minimum atomic E-state index is -1.81. The van der Waals surface area contributed by atoms with E-state index in [4.69, 9.17) is 4.43 Å². The van der Waals surface area contributed by atoms with Gasteiger partial charge in [0.05, 0.1) is 0 Å². The fourth-order valence-electron chi connectivity index (χ4n) is 1.76. The predicted molar refractivity (Wildman–Crippen MR) is 110 cm³/mol. The Morgan fingerprint density at radius 2 is 1.39 bits per heavy atom. The van der Waals surface area contributed by atoms with Gasteiger partial charge in [0.15, 0.2) is 8.24 Å². The molecule has 1 aromatic rings. The van der Waals surface area contributed by atoms with E-state index in [0.717, 1.165) is 5.75 Å². The van der Waals surface area contributed by atoms with Crippen molar-refractivity contribution in [2.75, 3.05) is 4.98 Å². The third-order valence-electron chi connectivity index (χ3n) is 5.69. The van der Waals surface area contributed by atoms with Crippen LogP contribution in [0.25, 0.3) is 0 Å². The number of benzene rings is 1. The summed E-state index contributed by atoms with van der Waals surface area (Å²) < 4.78 is 6.55. The Labute approximate surface area is 146 Å². The Balaban J connectivity index is 3.10. The van der Waals surface area contributed by atoms with Gasteiger partial charge >= 0.3 is 0 Å². The average molecular weight is 352 g/mol. The number of hydrogen-bond acceptors (Lipinski definition) is 2. The molecule has 0 amide bonds. The van der Waals surface area contributed by atoms with E-state index >= 15 is 0 Å². The Hall–Kier alpha value is -0.746. The molecule has 132 valence electrons. The van der Waals surface area contributed by atoms with Crippen molar-refractivity contribution in [2.24, 2.45) is 0 Å². The van der Waals surface area contributed by atoms with E-state index in [1.807, 2.05) is 0 Å². The van der Waals surface area contributed by atoms with Gasteiger partial charge in [-0.2, -0.15) is 0 Å². The zero-order valence-corrected chi connectivity index (χ0v) is 19.1. The summed E-state index contributed by atoms with van der Waals surface area (Å²) in [7, 11) is -3.39. The molecule has 0 aliphatic rings. The Bertz CT molecular complexity index is 551. The highest BCUT2D eigenvalue weighted by atomic mass is 28.4. The van der Waals surface area contributed by atoms with Gasteiger partial charge in [-0.05, 0) is 41.7 Å². The van der Waals surface area contributed by atoms with Gasteiger partial charge in [0.25, 0.3) is 0 Å². The summed E-state index contributed by atoms with van der Waals surface area (Å²) in [6.45, 7) is 25.4. The molecule has 0 saturated carbocycles. The van der Waals surface area contributed by atoms with E-state index in [1.54, 1.807) is 0 Å². The fraction of sp³-hybridized carbons (Fsp3) is 0.684. The Kier molecular flexibility index (Phi) is 5.54. The van der Waals surface area contributed by atoms with Crippen molar-refractivity contribution in [1.82, 2.24) is 0 Å². The minimum Gasteiger partial charge on any atom is -0.543 e. The van der Waals surface area contributed by atoms with Gasteiger partial charge in [0, 0.05) is 11.8 Å². The maximum Gasteiger partial charge on any atom is 0.250 e. The van der Waals surface area contributed by atoms with Crippen LogP contribution in [0.5, 0.6) is 5.75 Å². The van der Waals surface area contributed by atoms with Crippen LogP contribution >= 0.6 is 0 Å². The first-order chi connectivity index (χ1) is 10.1. The maximum absolute atomic E-state index is 6.55. The second kappa shape index (κ2) is 6.28. The lowest BCUT2D eigenvalue weighted by Gasteiger charge is -2.39. The molecule has 23 heavy (non-hydrogen) atoms. The molecule has 2 nitrogen and oxygen atoms in total. The van der Waals surface area contributed by atoms with Gasteiger partial charge < -0.3 is 9.41 Å². The molecule has 4 heteroatoms. The molecule has 0 aliphatic carbocycles. The molecular formula is C19H37NOSi2. The highest BCUT2D eigenvalue weighted by Gasteiger charge is 2.39. The molecular weight excluding hydrogens is 314 g/mol. The normalized spacial score (nSPS) is 13.9. The van der Waals surface area contributed by atoms with Gasteiger partial charge in [-0.15, -0.1) is 0 Å². The summed E-state index contributed by atoms with van der Waals surface area (Å²) in [4.78, 5) is 3.82. The first kappa shape index (κ1) is 20.3. The maximum atomic E-state index is 6.55. The molecule has 1 rings (SSSR count). The van der Waals surface area contributed by atoms with Crippen molar-refractivity contribution in [3.63, 3.8) is 0 Å². The van der Waals surface area contributed by atoms with E-state index in [0.29, 0.717) is 5.04 Å². The van der Waals surface area contributed by atoms with Crippen LogP contribution in [0.2, 0.25) is 36.3 Å². The number of aryl methyl sites for hydroxylation is 1. The Morgan fingerprint density at radius 3 is 1.83 bits per heavy atom. The second-order valence-electron chi connectivity index (χ2n) is 9.84. The van der Waals surface area contributed by atoms with Crippen LogP contribution in [-0.2, 0) is 0 Å². The average Bonchev–Trinajstić information content (AvgIpc) is 2.29. The third kappa shape index (κ3) is 4.86. The minimum absolute atomic E-state index is 0.211. The van der Waals surface area contributed by atoms with Crippen molar-refractivity contribution in [2.45, 2.75) is 84.7 Å². The van der Waals surface area contributed by atoms with Crippen LogP contribution in [0, 0.1) is 6.92 Å². The number of anilines is 1. The molecule has 0 aliphatic heterocycles. The summed E-state index contributed by atoms with van der Waals surface area (Å²) in [5.41, 5.74) is 2.41. The Morgan fingerprint density at radius 1 is 0.870 bits per heavy atom. The number of hydrogen-bond donors (Lipinski definition) is 1. The summed E-state index contributed by atoms with van der Waals surface area (Å²) in [6, 6.07) is 6.57. The lowest BCUT2D eigenvalue weighted by Crippen LogP contribution is -2.46. The fourth-order valence-corrected chi connectivity index (χ4v) is 4.09. The second-order valence-corrected chi connectivity index (χ2v) is 19.6. The summed E-state index contributed by atoms with van der Waals surface area (Å²) in [5.74, 6) is 1.04. The topological polar surface area (TPSA) is 21.3 Å². The standard InChI is InChI=1S/C19H37NOSi2/c1-15-12-13-16(20-22(8,9)18(2,3)4)14-17(15)21-23(10,11)19(5,6)7/h12-14,20H,1-11H3. The highest BCUT2D eigenvalue weighted by Crippen LogP contribution is 2.40. The first-order valence-corrected chi connectivity index (χ1v) is 14.6. The van der Waals surface area contributed by atoms with Crippen LogP contribution in [0.4, 0.5) is 5.69 Å². The van der Waals surface area contributed by atoms with Crippen LogP contribution in [-0.4, -0.2) is 16.6 Å². The lowest BCUT2D eigenvalue weighted by molar-refractivity contribution is 0.489. The molecule has 0 fully saturated rings. The smallest absolute Gasteiger partial charge is 0.250 e. The third-order valence-corrected chi connectivity index (χ3v) is 14.7. The van der Waals surface area contributed by atoms with Crippen molar-refractivity contribution >= 4 is 22.2 Å². The van der Waals surface area contributed by atoms with E-state index in [9.17, 15) is 0 Å². The van der Waals surface area contributed by atoms with Gasteiger partial charge in [0.1, 0.15) is 5.75 Å².